The second-order valence-corrected chi connectivity index (χ2v) is 7.67. The fraction of sp³-hybridized carbons (Fsp3) is 0.238. The van der Waals surface area contributed by atoms with E-state index in [4.69, 9.17) is 0 Å². The molecule has 0 bridgehead atoms. The van der Waals surface area contributed by atoms with Gasteiger partial charge in [-0.05, 0) is 17.7 Å². The Bertz CT molecular complexity index is 938. The van der Waals surface area contributed by atoms with Crippen molar-refractivity contribution in [2.24, 2.45) is 0 Å². The van der Waals surface area contributed by atoms with Gasteiger partial charge >= 0.3 is 0 Å². The van der Waals surface area contributed by atoms with Crippen LogP contribution in [0.2, 0.25) is 0 Å². The lowest BCUT2D eigenvalue weighted by atomic mass is 10.2. The highest BCUT2D eigenvalue weighted by Gasteiger charge is 2.21. The van der Waals surface area contributed by atoms with Crippen molar-refractivity contribution in [3.8, 4) is 10.4 Å². The zero-order chi connectivity index (χ0) is 19.3. The van der Waals surface area contributed by atoms with E-state index < -0.39 is 5.82 Å². The van der Waals surface area contributed by atoms with Gasteiger partial charge in [-0.2, -0.15) is 0 Å². The van der Waals surface area contributed by atoms with E-state index in [1.54, 1.807) is 29.5 Å². The monoisotopic (exact) mass is 396 g/mol. The van der Waals surface area contributed by atoms with Gasteiger partial charge in [-0.15, -0.1) is 0 Å². The molecular weight excluding hydrogens is 375 g/mol. The Labute approximate surface area is 167 Å². The van der Waals surface area contributed by atoms with Crippen molar-refractivity contribution in [1.29, 1.82) is 0 Å². The molecule has 0 unspecified atom stereocenters. The summed E-state index contributed by atoms with van der Waals surface area (Å²) < 4.78 is 13.7. The van der Waals surface area contributed by atoms with Crippen LogP contribution in [0.4, 0.5) is 15.2 Å². The molecule has 5 nitrogen and oxygen atoms in total. The predicted octanol–water partition coefficient (Wildman–Crippen LogP) is 3.71. The Balaban J connectivity index is 1.30. The van der Waals surface area contributed by atoms with Gasteiger partial charge in [0.1, 0.15) is 5.82 Å². The Kier molecular flexibility index (Phi) is 5.64. The molecule has 28 heavy (non-hydrogen) atoms. The minimum Gasteiger partial charge on any atom is -0.346 e. The van der Waals surface area contributed by atoms with Crippen LogP contribution in [0, 0.1) is 5.82 Å². The number of nitrogens with one attached hydrogen (secondary N) is 1. The Morgan fingerprint density at radius 3 is 2.50 bits per heavy atom. The number of hydrogen-bond donors (Lipinski definition) is 1. The van der Waals surface area contributed by atoms with Gasteiger partial charge in [-0.3, -0.25) is 9.69 Å². The summed E-state index contributed by atoms with van der Waals surface area (Å²) in [5.41, 5.74) is 1.40. The third-order valence-electron chi connectivity index (χ3n) is 4.71. The summed E-state index contributed by atoms with van der Waals surface area (Å²) in [6, 6.07) is 16.4. The van der Waals surface area contributed by atoms with Crippen molar-refractivity contribution in [3.63, 3.8) is 0 Å². The molecule has 4 rings (SSSR count). The molecule has 144 valence electrons. The van der Waals surface area contributed by atoms with Crippen molar-refractivity contribution in [1.82, 2.24) is 9.88 Å². The smallest absolute Gasteiger partial charge is 0.238 e. The number of thiazole rings is 1. The first-order chi connectivity index (χ1) is 13.7. The highest BCUT2D eigenvalue weighted by molar-refractivity contribution is 7.18. The maximum absolute atomic E-state index is 13.7. The number of hydrogen-bond acceptors (Lipinski definition) is 5. The van der Waals surface area contributed by atoms with Crippen LogP contribution in [0.1, 0.15) is 0 Å². The SMILES string of the molecule is O=C(CN1CCN(c2ncc(-c3ccccc3)s2)CC1)Nc1ccccc1F. The van der Waals surface area contributed by atoms with Gasteiger partial charge < -0.3 is 10.2 Å². The summed E-state index contributed by atoms with van der Waals surface area (Å²) in [6.45, 7) is 3.43. The van der Waals surface area contributed by atoms with Gasteiger partial charge in [0, 0.05) is 32.4 Å². The standard InChI is InChI=1S/C21H21FN4OS/c22-17-8-4-5-9-18(17)24-20(27)15-25-10-12-26(13-11-25)21-23-14-19(28-21)16-6-2-1-3-7-16/h1-9,14H,10-13,15H2,(H,24,27). The highest BCUT2D eigenvalue weighted by atomic mass is 32.1. The average molecular weight is 396 g/mol. The minimum atomic E-state index is -0.418. The van der Waals surface area contributed by atoms with E-state index in [-0.39, 0.29) is 18.1 Å². The van der Waals surface area contributed by atoms with Crippen molar-refractivity contribution in [2.75, 3.05) is 42.9 Å². The maximum Gasteiger partial charge on any atom is 0.238 e. The summed E-state index contributed by atoms with van der Waals surface area (Å²) in [6.07, 6.45) is 1.92. The van der Waals surface area contributed by atoms with Crippen LogP contribution in [0.3, 0.4) is 0 Å². The predicted molar refractivity (Wildman–Crippen MR) is 111 cm³/mol. The molecule has 1 N–H and O–H groups in total. The van der Waals surface area contributed by atoms with E-state index in [1.165, 1.54) is 11.6 Å². The molecule has 3 aromatic rings. The minimum absolute atomic E-state index is 0.195. The summed E-state index contributed by atoms with van der Waals surface area (Å²) in [5, 5.41) is 3.65. The molecule has 1 saturated heterocycles. The number of rotatable bonds is 5. The van der Waals surface area contributed by atoms with Gasteiger partial charge in [0.25, 0.3) is 0 Å². The number of anilines is 2. The van der Waals surface area contributed by atoms with Crippen LogP contribution in [0.5, 0.6) is 0 Å². The molecule has 7 heteroatoms. The van der Waals surface area contributed by atoms with Crippen LogP contribution < -0.4 is 10.2 Å². The second-order valence-electron chi connectivity index (χ2n) is 6.66. The van der Waals surface area contributed by atoms with E-state index >= 15 is 0 Å². The number of piperazine rings is 1. The van der Waals surface area contributed by atoms with Crippen LogP contribution in [0.25, 0.3) is 10.4 Å². The van der Waals surface area contributed by atoms with Crippen molar-refractivity contribution in [2.45, 2.75) is 0 Å². The topological polar surface area (TPSA) is 48.5 Å². The third-order valence-corrected chi connectivity index (χ3v) is 5.82. The molecule has 1 aromatic heterocycles. The first kappa shape index (κ1) is 18.6. The number of aromatic nitrogens is 1. The van der Waals surface area contributed by atoms with E-state index in [0.29, 0.717) is 0 Å². The fourth-order valence-electron chi connectivity index (χ4n) is 3.20. The summed E-state index contributed by atoms with van der Waals surface area (Å²) in [4.78, 5) is 22.3. The number of benzene rings is 2. The van der Waals surface area contributed by atoms with E-state index in [9.17, 15) is 9.18 Å². The molecule has 0 spiro atoms. The van der Waals surface area contributed by atoms with Crippen LogP contribution in [-0.4, -0.2) is 48.5 Å². The molecule has 2 aromatic carbocycles. The first-order valence-corrected chi connectivity index (χ1v) is 10.0. The molecule has 1 aliphatic rings. The van der Waals surface area contributed by atoms with E-state index in [1.807, 2.05) is 24.4 Å². The largest absolute Gasteiger partial charge is 0.346 e. The van der Waals surface area contributed by atoms with Crippen LogP contribution in [0.15, 0.2) is 60.8 Å². The average Bonchev–Trinajstić information content (AvgIpc) is 3.21. The lowest BCUT2D eigenvalue weighted by molar-refractivity contribution is -0.117. The fourth-order valence-corrected chi connectivity index (χ4v) is 4.17. The number of nitrogens with zero attached hydrogens (tertiary/aromatic N) is 3. The molecule has 0 atom stereocenters. The van der Waals surface area contributed by atoms with Crippen LogP contribution in [-0.2, 0) is 4.79 Å². The number of amides is 1. The molecular formula is C21H21FN4OS. The van der Waals surface area contributed by atoms with Crippen molar-refractivity contribution < 1.29 is 9.18 Å². The quantitative estimate of drug-likeness (QED) is 0.714. The van der Waals surface area contributed by atoms with Crippen molar-refractivity contribution >= 4 is 28.1 Å². The van der Waals surface area contributed by atoms with Gasteiger partial charge in [0.15, 0.2) is 5.13 Å². The number of halogens is 1. The molecule has 0 aliphatic carbocycles. The zero-order valence-corrected chi connectivity index (χ0v) is 16.2. The first-order valence-electron chi connectivity index (χ1n) is 9.22. The van der Waals surface area contributed by atoms with Gasteiger partial charge in [-0.1, -0.05) is 53.8 Å². The molecule has 0 radical (unpaired) electrons. The Morgan fingerprint density at radius 1 is 1.04 bits per heavy atom. The summed E-state index contributed by atoms with van der Waals surface area (Å²) in [7, 11) is 0. The van der Waals surface area contributed by atoms with E-state index in [2.05, 4.69) is 32.2 Å². The maximum atomic E-state index is 13.7. The van der Waals surface area contributed by atoms with Gasteiger partial charge in [0.05, 0.1) is 17.1 Å². The van der Waals surface area contributed by atoms with E-state index in [0.717, 1.165) is 36.2 Å². The molecule has 0 saturated carbocycles. The lowest BCUT2D eigenvalue weighted by Crippen LogP contribution is -2.48. The third kappa shape index (κ3) is 4.37. The summed E-state index contributed by atoms with van der Waals surface area (Å²) >= 11 is 1.69. The van der Waals surface area contributed by atoms with Crippen molar-refractivity contribution in [3.05, 3.63) is 66.6 Å². The molecule has 2 heterocycles. The molecule has 1 amide bonds. The molecule has 1 fully saturated rings. The Hall–Kier alpha value is -2.77. The number of carbonyl (C=O) groups excluding carboxylic acids is 1. The normalized spacial score (nSPS) is 14.8. The summed E-state index contributed by atoms with van der Waals surface area (Å²) in [5.74, 6) is -0.613. The zero-order valence-electron chi connectivity index (χ0n) is 15.3. The molecule has 1 aliphatic heterocycles. The lowest BCUT2D eigenvalue weighted by Gasteiger charge is -2.34. The van der Waals surface area contributed by atoms with Crippen LogP contribution >= 0.6 is 11.3 Å². The second kappa shape index (κ2) is 8.50. The highest BCUT2D eigenvalue weighted by Crippen LogP contribution is 2.31. The van der Waals surface area contributed by atoms with Gasteiger partial charge in [0.2, 0.25) is 5.91 Å². The Morgan fingerprint density at radius 2 is 1.75 bits per heavy atom. The van der Waals surface area contributed by atoms with Gasteiger partial charge in [-0.25, -0.2) is 9.37 Å². The number of carbonyl (C=O) groups is 1. The number of para-hydroxylation sites is 1.